The van der Waals surface area contributed by atoms with Crippen molar-refractivity contribution in [1.29, 1.82) is 5.26 Å². The van der Waals surface area contributed by atoms with Gasteiger partial charge in [0.2, 0.25) is 0 Å². The summed E-state index contributed by atoms with van der Waals surface area (Å²) in [6, 6.07) is 21.8. The third-order valence-corrected chi connectivity index (χ3v) is 8.39. The van der Waals surface area contributed by atoms with Crippen LogP contribution in [-0.4, -0.2) is 24.8 Å². The number of nitriles is 1. The number of hydrogen-bond acceptors (Lipinski definition) is 8. The van der Waals surface area contributed by atoms with E-state index < -0.39 is 12.0 Å². The van der Waals surface area contributed by atoms with Gasteiger partial charge in [-0.05, 0) is 70.5 Å². The van der Waals surface area contributed by atoms with Crippen molar-refractivity contribution in [2.45, 2.75) is 26.0 Å². The fourth-order valence-corrected chi connectivity index (χ4v) is 6.42. The Morgan fingerprint density at radius 2 is 1.88 bits per heavy atom. The molecule has 212 valence electrons. The van der Waals surface area contributed by atoms with Crippen LogP contribution in [0.15, 0.2) is 87.8 Å². The minimum Gasteiger partial charge on any atom is -0.493 e. The summed E-state index contributed by atoms with van der Waals surface area (Å²) in [5, 5.41) is 9.09. The van der Waals surface area contributed by atoms with E-state index in [0.29, 0.717) is 49.7 Å². The van der Waals surface area contributed by atoms with Crippen LogP contribution in [0.4, 0.5) is 0 Å². The summed E-state index contributed by atoms with van der Waals surface area (Å²) in [5.41, 5.74) is 3.56. The molecule has 5 rings (SSSR count). The zero-order valence-corrected chi connectivity index (χ0v) is 26.1. The number of thiazole rings is 1. The van der Waals surface area contributed by atoms with E-state index in [9.17, 15) is 9.59 Å². The van der Waals surface area contributed by atoms with Crippen LogP contribution < -0.4 is 24.4 Å². The number of ether oxygens (including phenoxy) is 3. The number of carbonyl (C=O) groups excluding carboxylic acids is 1. The first kappa shape index (κ1) is 29.3. The van der Waals surface area contributed by atoms with Crippen LogP contribution in [0, 0.1) is 14.9 Å². The summed E-state index contributed by atoms with van der Waals surface area (Å²) in [6.45, 7) is 2.16. The molecular weight excluding hydrogens is 665 g/mol. The summed E-state index contributed by atoms with van der Waals surface area (Å²) in [4.78, 5) is 32.3. The first-order valence-corrected chi connectivity index (χ1v) is 15.0. The highest BCUT2D eigenvalue weighted by Crippen LogP contribution is 2.35. The van der Waals surface area contributed by atoms with Crippen molar-refractivity contribution in [2.75, 3.05) is 14.2 Å². The first-order chi connectivity index (χ1) is 20.4. The zero-order valence-electron chi connectivity index (χ0n) is 23.1. The van der Waals surface area contributed by atoms with Crippen molar-refractivity contribution in [1.82, 2.24) is 4.57 Å². The second-order valence-electron chi connectivity index (χ2n) is 9.32. The highest BCUT2D eigenvalue weighted by molar-refractivity contribution is 14.1. The molecule has 1 aromatic heterocycles. The van der Waals surface area contributed by atoms with Crippen LogP contribution in [0.5, 0.6) is 11.5 Å². The number of aromatic nitrogens is 1. The standard InChI is InChI=1S/C32H26IN3O5S/c1-4-24-27(31(38)40-3)28(21-8-6-5-7-9-21)36-30(37)26(42-32(36)35-24)15-22-14-23(33)16-25(39-2)29(22)41-18-20-12-10-19(17-34)11-13-20/h5-16,28H,4,18H2,1-3H3/b26-15+/t28-/m0/s1. The van der Waals surface area contributed by atoms with Crippen LogP contribution in [0.1, 0.15) is 41.6 Å². The lowest BCUT2D eigenvalue weighted by Gasteiger charge is -2.25. The van der Waals surface area contributed by atoms with E-state index in [-0.39, 0.29) is 12.2 Å². The molecule has 4 aromatic rings. The van der Waals surface area contributed by atoms with Crippen molar-refractivity contribution in [3.63, 3.8) is 0 Å². The molecule has 0 amide bonds. The Hall–Kier alpha value is -4.21. The summed E-state index contributed by atoms with van der Waals surface area (Å²) in [6.07, 6.45) is 2.28. The first-order valence-electron chi connectivity index (χ1n) is 13.1. The number of benzene rings is 3. The Bertz CT molecular complexity index is 1900. The molecular formula is C32H26IN3O5S. The molecule has 0 unspecified atom stereocenters. The Morgan fingerprint density at radius 1 is 1.14 bits per heavy atom. The van der Waals surface area contributed by atoms with E-state index in [1.54, 1.807) is 29.9 Å². The number of methoxy groups -OCH3 is 2. The van der Waals surface area contributed by atoms with Crippen LogP contribution >= 0.6 is 33.9 Å². The Labute approximate surface area is 260 Å². The third-order valence-electron chi connectivity index (χ3n) is 6.79. The largest absolute Gasteiger partial charge is 0.493 e. The molecule has 1 aliphatic heterocycles. The molecule has 0 N–H and O–H groups in total. The number of esters is 1. The average molecular weight is 692 g/mol. The summed E-state index contributed by atoms with van der Waals surface area (Å²) in [5.74, 6) is 0.495. The maximum Gasteiger partial charge on any atom is 0.338 e. The average Bonchev–Trinajstić information content (AvgIpc) is 3.33. The Balaban J connectivity index is 1.66. The number of nitrogens with zero attached hydrogens (tertiary/aromatic N) is 3. The van der Waals surface area contributed by atoms with Gasteiger partial charge in [-0.25, -0.2) is 9.79 Å². The van der Waals surface area contributed by atoms with Gasteiger partial charge in [0.05, 0.1) is 47.7 Å². The van der Waals surface area contributed by atoms with E-state index in [1.807, 2.05) is 61.5 Å². The van der Waals surface area contributed by atoms with Crippen molar-refractivity contribution in [2.24, 2.45) is 4.99 Å². The van der Waals surface area contributed by atoms with Crippen molar-refractivity contribution in [3.05, 3.63) is 124 Å². The Kier molecular flexibility index (Phi) is 8.89. The number of fused-ring (bicyclic) bond motifs is 1. The molecule has 0 fully saturated rings. The molecule has 2 heterocycles. The minimum atomic E-state index is -0.676. The molecule has 0 radical (unpaired) electrons. The molecule has 0 bridgehead atoms. The molecule has 0 spiro atoms. The van der Waals surface area contributed by atoms with Crippen molar-refractivity contribution in [3.8, 4) is 17.6 Å². The van der Waals surface area contributed by atoms with Gasteiger partial charge in [0.15, 0.2) is 16.3 Å². The highest BCUT2D eigenvalue weighted by Gasteiger charge is 2.33. The Morgan fingerprint density at radius 3 is 2.52 bits per heavy atom. The normalized spacial score (nSPS) is 14.5. The third kappa shape index (κ3) is 5.75. The lowest BCUT2D eigenvalue weighted by Crippen LogP contribution is -2.40. The van der Waals surface area contributed by atoms with Crippen LogP contribution in [0.3, 0.4) is 0 Å². The predicted molar refractivity (Wildman–Crippen MR) is 168 cm³/mol. The predicted octanol–water partition coefficient (Wildman–Crippen LogP) is 4.86. The number of hydrogen-bond donors (Lipinski definition) is 0. The molecule has 1 aliphatic rings. The van der Waals surface area contributed by atoms with Crippen molar-refractivity contribution >= 4 is 46.0 Å². The SMILES string of the molecule is CCC1=C(C(=O)OC)[C@H](c2ccccc2)n2c(s/c(=C/c3cc(I)cc(OC)c3OCc3ccc(C#N)cc3)c2=O)=N1. The van der Waals surface area contributed by atoms with E-state index in [1.165, 1.54) is 18.4 Å². The van der Waals surface area contributed by atoms with Gasteiger partial charge in [-0.1, -0.05) is 60.7 Å². The molecule has 1 atom stereocenters. The fourth-order valence-electron chi connectivity index (χ4n) is 4.79. The number of carbonyl (C=O) groups is 1. The van der Waals surface area contributed by atoms with Crippen molar-refractivity contribution < 1.29 is 19.0 Å². The summed E-state index contributed by atoms with van der Waals surface area (Å²) >= 11 is 3.45. The molecule has 42 heavy (non-hydrogen) atoms. The fraction of sp³-hybridized carbons (Fsp3) is 0.188. The van der Waals surface area contributed by atoms with Gasteiger partial charge >= 0.3 is 5.97 Å². The molecule has 10 heteroatoms. The summed E-state index contributed by atoms with van der Waals surface area (Å²) in [7, 11) is 2.90. The van der Waals surface area contributed by atoms with Gasteiger partial charge in [-0.15, -0.1) is 0 Å². The quantitative estimate of drug-likeness (QED) is 0.193. The number of allylic oxidation sites excluding steroid dienone is 1. The maximum atomic E-state index is 14.1. The van der Waals surface area contributed by atoms with Crippen LogP contribution in [0.25, 0.3) is 6.08 Å². The van der Waals surface area contributed by atoms with Gasteiger partial charge in [-0.3, -0.25) is 9.36 Å². The molecule has 0 saturated carbocycles. The van der Waals surface area contributed by atoms with E-state index in [0.717, 1.165) is 14.7 Å². The second-order valence-corrected chi connectivity index (χ2v) is 11.6. The molecule has 0 saturated heterocycles. The molecule has 3 aromatic carbocycles. The van der Waals surface area contributed by atoms with E-state index in [4.69, 9.17) is 24.5 Å². The molecule has 8 nitrogen and oxygen atoms in total. The lowest BCUT2D eigenvalue weighted by atomic mass is 9.95. The van der Waals surface area contributed by atoms with Gasteiger partial charge in [0, 0.05) is 9.13 Å². The van der Waals surface area contributed by atoms with E-state index >= 15 is 0 Å². The lowest BCUT2D eigenvalue weighted by molar-refractivity contribution is -0.136. The van der Waals surface area contributed by atoms with Gasteiger partial charge < -0.3 is 14.2 Å². The van der Waals surface area contributed by atoms with Crippen LogP contribution in [-0.2, 0) is 16.1 Å². The zero-order chi connectivity index (χ0) is 29.8. The smallest absolute Gasteiger partial charge is 0.338 e. The van der Waals surface area contributed by atoms with Crippen LogP contribution in [0.2, 0.25) is 0 Å². The summed E-state index contributed by atoms with van der Waals surface area (Å²) < 4.78 is 19.9. The molecule has 0 aliphatic carbocycles. The van der Waals surface area contributed by atoms with E-state index in [2.05, 4.69) is 28.7 Å². The highest BCUT2D eigenvalue weighted by atomic mass is 127. The second kappa shape index (κ2) is 12.8. The topological polar surface area (TPSA) is 103 Å². The number of halogens is 1. The number of rotatable bonds is 8. The van der Waals surface area contributed by atoms with Gasteiger partial charge in [0.1, 0.15) is 6.61 Å². The monoisotopic (exact) mass is 691 g/mol. The minimum absolute atomic E-state index is 0.237. The van der Waals surface area contributed by atoms with Gasteiger partial charge in [0.25, 0.3) is 5.56 Å². The van der Waals surface area contributed by atoms with Gasteiger partial charge in [-0.2, -0.15) is 5.26 Å². The maximum absolute atomic E-state index is 14.1.